The summed E-state index contributed by atoms with van der Waals surface area (Å²) in [6, 6.07) is 9.55. The predicted molar refractivity (Wildman–Crippen MR) is 143 cm³/mol. The molecule has 2 saturated heterocycles. The molecule has 2 fully saturated rings. The molecule has 3 aliphatic rings. The number of hydrogen-bond acceptors (Lipinski definition) is 0. The standard InChI is InChI=1S/C18H28P2.C8H12.BF4.Rh/c1-13-9-10-14(2)19(13)17-7-5-6-8-18(17)20-15(3)11-12-16(20)4;1-2-4-6-8-7-5-3-1;2-1(3,4)5;/h5-8,13-16H,9-12H2,1-4H3;1-2,7-8H,3-6H2;;/q;;-1;. The summed E-state index contributed by atoms with van der Waals surface area (Å²) in [5.41, 5.74) is 3.74. The molecule has 1 aromatic carbocycles. The predicted octanol–water partition coefficient (Wildman–Crippen LogP) is 9.01. The zero-order chi connectivity index (χ0) is 24.4. The van der Waals surface area contributed by atoms with E-state index < -0.39 is 7.25 Å². The molecule has 195 valence electrons. The number of hydrogen-bond donors (Lipinski definition) is 0. The molecule has 1 aromatic rings. The van der Waals surface area contributed by atoms with Gasteiger partial charge >= 0.3 is 7.25 Å². The van der Waals surface area contributed by atoms with E-state index in [-0.39, 0.29) is 35.3 Å². The van der Waals surface area contributed by atoms with Crippen LogP contribution in [0.3, 0.4) is 0 Å². The Balaban J connectivity index is 0.000000343. The smallest absolute Gasteiger partial charge is 0.418 e. The third-order valence-corrected chi connectivity index (χ3v) is 13.6. The normalized spacial score (nSPS) is 30.7. The van der Waals surface area contributed by atoms with Crippen LogP contribution in [-0.2, 0) is 19.5 Å². The molecule has 0 spiro atoms. The molecule has 4 rings (SSSR count). The Bertz CT molecular complexity index is 676. The van der Waals surface area contributed by atoms with Gasteiger partial charge in [0.25, 0.3) is 0 Å². The third kappa shape index (κ3) is 10.9. The first-order valence-corrected chi connectivity index (χ1v) is 15.4. The van der Waals surface area contributed by atoms with E-state index in [0.717, 1.165) is 22.6 Å². The molecule has 2 aliphatic heterocycles. The molecule has 0 nitrogen and oxygen atoms in total. The molecule has 8 heteroatoms. The fourth-order valence-corrected chi connectivity index (χ4v) is 12.3. The molecular formula is C26H40BF4P2Rh-. The van der Waals surface area contributed by atoms with E-state index in [1.54, 1.807) is 10.6 Å². The Kier molecular flexibility index (Phi) is 15.0. The van der Waals surface area contributed by atoms with E-state index in [9.17, 15) is 17.3 Å². The maximum Gasteiger partial charge on any atom is 0.673 e. The van der Waals surface area contributed by atoms with Crippen molar-refractivity contribution in [2.24, 2.45) is 0 Å². The molecule has 1 aliphatic carbocycles. The van der Waals surface area contributed by atoms with Gasteiger partial charge in [-0.05, 0) is 84.6 Å². The van der Waals surface area contributed by atoms with Crippen LogP contribution in [0.5, 0.6) is 0 Å². The van der Waals surface area contributed by atoms with Crippen LogP contribution in [0.15, 0.2) is 48.6 Å². The number of rotatable bonds is 2. The topological polar surface area (TPSA) is 0 Å². The van der Waals surface area contributed by atoms with Gasteiger partial charge in [-0.15, -0.1) is 0 Å². The number of halogens is 4. The van der Waals surface area contributed by atoms with Gasteiger partial charge in [-0.1, -0.05) is 92.1 Å². The van der Waals surface area contributed by atoms with E-state index in [1.807, 2.05) is 0 Å². The molecule has 4 unspecified atom stereocenters. The quantitative estimate of drug-likeness (QED) is 0.137. The Labute approximate surface area is 220 Å². The van der Waals surface area contributed by atoms with Crippen LogP contribution in [0.2, 0.25) is 0 Å². The first-order valence-electron chi connectivity index (χ1n) is 12.4. The second kappa shape index (κ2) is 15.9. The third-order valence-electron chi connectivity index (χ3n) is 6.68. The number of benzene rings is 1. The first kappa shape index (κ1) is 32.0. The van der Waals surface area contributed by atoms with Crippen LogP contribution in [0, 0.1) is 0 Å². The van der Waals surface area contributed by atoms with Gasteiger partial charge in [-0.2, -0.15) is 0 Å². The minimum Gasteiger partial charge on any atom is -0.418 e. The number of allylic oxidation sites excluding steroid dienone is 4. The van der Waals surface area contributed by atoms with Crippen molar-refractivity contribution in [3.05, 3.63) is 48.6 Å². The minimum absolute atomic E-state index is 0. The van der Waals surface area contributed by atoms with Crippen molar-refractivity contribution in [3.63, 3.8) is 0 Å². The maximum atomic E-state index is 9.75. The van der Waals surface area contributed by atoms with Crippen LogP contribution >= 0.6 is 15.8 Å². The van der Waals surface area contributed by atoms with Crippen molar-refractivity contribution in [1.29, 1.82) is 0 Å². The van der Waals surface area contributed by atoms with E-state index in [0.29, 0.717) is 0 Å². The Morgan fingerprint density at radius 3 is 1.06 bits per heavy atom. The van der Waals surface area contributed by atoms with Crippen LogP contribution in [0.1, 0.15) is 79.1 Å². The zero-order valence-electron chi connectivity index (χ0n) is 20.9. The molecular weight excluding hydrogens is 564 g/mol. The Morgan fingerprint density at radius 2 is 0.824 bits per heavy atom. The molecule has 0 aromatic heterocycles. The second-order valence-electron chi connectivity index (χ2n) is 9.45. The summed E-state index contributed by atoms with van der Waals surface area (Å²) in [6.07, 6.45) is 19.8. The summed E-state index contributed by atoms with van der Waals surface area (Å²) in [6.45, 7) is 10.0. The van der Waals surface area contributed by atoms with Gasteiger partial charge in [0.05, 0.1) is 0 Å². The summed E-state index contributed by atoms with van der Waals surface area (Å²) < 4.78 is 39.0. The van der Waals surface area contributed by atoms with Crippen molar-refractivity contribution in [1.82, 2.24) is 0 Å². The van der Waals surface area contributed by atoms with E-state index >= 15 is 0 Å². The van der Waals surface area contributed by atoms with Crippen molar-refractivity contribution >= 4 is 33.7 Å². The monoisotopic (exact) mass is 604 g/mol. The van der Waals surface area contributed by atoms with Crippen LogP contribution < -0.4 is 10.6 Å². The summed E-state index contributed by atoms with van der Waals surface area (Å²) in [5, 5.41) is 3.57. The van der Waals surface area contributed by atoms with Gasteiger partial charge in [-0.25, -0.2) is 0 Å². The Morgan fingerprint density at radius 1 is 0.588 bits per heavy atom. The minimum atomic E-state index is -6.00. The summed E-state index contributed by atoms with van der Waals surface area (Å²) in [4.78, 5) is 0. The molecule has 1 radical (unpaired) electrons. The van der Waals surface area contributed by atoms with Crippen molar-refractivity contribution in [2.75, 3.05) is 0 Å². The van der Waals surface area contributed by atoms with E-state index in [2.05, 4.69) is 76.3 Å². The largest absolute Gasteiger partial charge is 0.673 e. The molecule has 0 amide bonds. The van der Waals surface area contributed by atoms with Gasteiger partial charge in [0, 0.05) is 19.5 Å². The van der Waals surface area contributed by atoms with Crippen LogP contribution in [0.25, 0.3) is 0 Å². The van der Waals surface area contributed by atoms with E-state index in [4.69, 9.17) is 0 Å². The van der Waals surface area contributed by atoms with Gasteiger partial charge in [-0.3, -0.25) is 0 Å². The molecule has 2 heterocycles. The van der Waals surface area contributed by atoms with Crippen molar-refractivity contribution in [2.45, 2.75) is 102 Å². The van der Waals surface area contributed by atoms with E-state index in [1.165, 1.54) is 51.4 Å². The summed E-state index contributed by atoms with van der Waals surface area (Å²) in [5.74, 6) is 0. The zero-order valence-corrected chi connectivity index (χ0v) is 24.3. The van der Waals surface area contributed by atoms with Crippen LogP contribution in [-0.4, -0.2) is 29.9 Å². The van der Waals surface area contributed by atoms with Gasteiger partial charge in [0.15, 0.2) is 0 Å². The first-order chi connectivity index (χ1) is 15.6. The Hall–Kier alpha value is -0.0317. The van der Waals surface area contributed by atoms with Gasteiger partial charge < -0.3 is 17.3 Å². The fourth-order valence-electron chi connectivity index (χ4n) is 5.10. The molecule has 34 heavy (non-hydrogen) atoms. The SMILES string of the molecule is C1=CCCC=CCC1.CC1CCC(C)P1c1ccccc1P1C(C)CCC1C.F[B-](F)(F)F.[Rh]. The average Bonchev–Trinajstić information content (AvgIpc) is 3.21. The van der Waals surface area contributed by atoms with Crippen molar-refractivity contribution < 1.29 is 36.7 Å². The average molecular weight is 604 g/mol. The van der Waals surface area contributed by atoms with Gasteiger partial charge in [0.2, 0.25) is 0 Å². The molecule has 0 N–H and O–H groups in total. The molecule has 4 atom stereocenters. The molecule has 0 saturated carbocycles. The molecule has 0 bridgehead atoms. The second-order valence-corrected chi connectivity index (χ2v) is 15.6. The van der Waals surface area contributed by atoms with Gasteiger partial charge in [0.1, 0.15) is 0 Å². The maximum absolute atomic E-state index is 9.75. The summed E-state index contributed by atoms with van der Waals surface area (Å²) >= 11 is 0. The van der Waals surface area contributed by atoms with Crippen LogP contribution in [0.4, 0.5) is 17.3 Å². The summed E-state index contributed by atoms with van der Waals surface area (Å²) in [7, 11) is -5.84. The fraction of sp³-hybridized carbons (Fsp3) is 0.615. The van der Waals surface area contributed by atoms with Crippen molar-refractivity contribution in [3.8, 4) is 0 Å².